The first-order valence-corrected chi connectivity index (χ1v) is 8.62. The summed E-state index contributed by atoms with van der Waals surface area (Å²) in [5.41, 5.74) is 2.60. The summed E-state index contributed by atoms with van der Waals surface area (Å²) < 4.78 is 5.17. The molecule has 0 aromatic heterocycles. The van der Waals surface area contributed by atoms with Crippen LogP contribution in [-0.2, 0) is 5.41 Å². The van der Waals surface area contributed by atoms with E-state index in [1.165, 1.54) is 4.90 Å². The summed E-state index contributed by atoms with van der Waals surface area (Å²) in [5.74, 6) is -0.0136. The third-order valence-electron chi connectivity index (χ3n) is 5.46. The number of carbonyl (C=O) groups excluding carboxylic acids is 2. The number of ether oxygens (including phenoxy) is 1. The minimum absolute atomic E-state index is 0.0257. The maximum Gasteiger partial charge on any atom is 0.266 e. The quantitative estimate of drug-likeness (QED) is 0.751. The van der Waals surface area contributed by atoms with Gasteiger partial charge in [0.05, 0.1) is 23.9 Å². The van der Waals surface area contributed by atoms with Crippen LogP contribution in [0.1, 0.15) is 59.9 Å². The summed E-state index contributed by atoms with van der Waals surface area (Å²) >= 11 is 0. The zero-order chi connectivity index (χ0) is 18.2. The molecule has 25 heavy (non-hydrogen) atoms. The average Bonchev–Trinajstić information content (AvgIpc) is 2.91. The van der Waals surface area contributed by atoms with Crippen molar-refractivity contribution in [2.75, 3.05) is 12.0 Å². The van der Waals surface area contributed by atoms with Crippen LogP contribution in [0.3, 0.4) is 0 Å². The number of benzene rings is 2. The summed E-state index contributed by atoms with van der Waals surface area (Å²) in [6, 6.07) is 12.7. The molecule has 0 bridgehead atoms. The molecule has 2 aromatic rings. The molecule has 0 fully saturated rings. The van der Waals surface area contributed by atoms with Crippen molar-refractivity contribution in [3.05, 3.63) is 59.2 Å². The lowest BCUT2D eigenvalue weighted by molar-refractivity contribution is 0.0926. The molecule has 130 valence electrons. The van der Waals surface area contributed by atoms with Crippen molar-refractivity contribution in [2.45, 2.75) is 39.0 Å². The summed E-state index contributed by atoms with van der Waals surface area (Å²) in [6.07, 6.45) is 1.98. The SMILES string of the molecule is CCC(C)(CC)c1cccc(N2C(=O)c3ccc(OC)cc3C2=O)c1. The van der Waals surface area contributed by atoms with Crippen molar-refractivity contribution < 1.29 is 14.3 Å². The predicted molar refractivity (Wildman–Crippen MR) is 98.5 cm³/mol. The first kappa shape index (κ1) is 17.2. The molecule has 4 nitrogen and oxygen atoms in total. The molecule has 0 saturated heterocycles. The smallest absolute Gasteiger partial charge is 0.266 e. The van der Waals surface area contributed by atoms with Gasteiger partial charge in [0, 0.05) is 0 Å². The number of nitrogens with zero attached hydrogens (tertiary/aromatic N) is 1. The zero-order valence-corrected chi connectivity index (χ0v) is 15.1. The molecule has 0 N–H and O–H groups in total. The van der Waals surface area contributed by atoms with Gasteiger partial charge >= 0.3 is 0 Å². The molecule has 2 aromatic carbocycles. The number of rotatable bonds is 5. The number of imide groups is 1. The number of hydrogen-bond acceptors (Lipinski definition) is 3. The first-order valence-electron chi connectivity index (χ1n) is 8.62. The Labute approximate surface area is 148 Å². The first-order chi connectivity index (χ1) is 11.9. The van der Waals surface area contributed by atoms with Gasteiger partial charge in [-0.3, -0.25) is 9.59 Å². The van der Waals surface area contributed by atoms with Crippen LogP contribution >= 0.6 is 0 Å². The van der Waals surface area contributed by atoms with Crippen LogP contribution in [-0.4, -0.2) is 18.9 Å². The zero-order valence-electron chi connectivity index (χ0n) is 15.1. The highest BCUT2D eigenvalue weighted by atomic mass is 16.5. The Balaban J connectivity index is 2.04. The molecule has 0 saturated carbocycles. The van der Waals surface area contributed by atoms with Gasteiger partial charge in [0.15, 0.2) is 0 Å². The second-order valence-electron chi connectivity index (χ2n) is 6.68. The summed E-state index contributed by atoms with van der Waals surface area (Å²) in [7, 11) is 1.54. The van der Waals surface area contributed by atoms with Crippen molar-refractivity contribution in [3.63, 3.8) is 0 Å². The fraction of sp³-hybridized carbons (Fsp3) is 0.333. The number of anilines is 1. The van der Waals surface area contributed by atoms with E-state index in [-0.39, 0.29) is 17.2 Å². The van der Waals surface area contributed by atoms with Crippen LogP contribution in [0.4, 0.5) is 5.69 Å². The van der Waals surface area contributed by atoms with Gasteiger partial charge in [-0.25, -0.2) is 4.90 Å². The van der Waals surface area contributed by atoms with E-state index in [2.05, 4.69) is 26.8 Å². The molecule has 0 atom stereocenters. The topological polar surface area (TPSA) is 46.6 Å². The van der Waals surface area contributed by atoms with E-state index >= 15 is 0 Å². The van der Waals surface area contributed by atoms with Crippen molar-refractivity contribution in [2.24, 2.45) is 0 Å². The van der Waals surface area contributed by atoms with E-state index in [1.807, 2.05) is 18.2 Å². The van der Waals surface area contributed by atoms with Gasteiger partial charge in [-0.2, -0.15) is 0 Å². The highest BCUT2D eigenvalue weighted by molar-refractivity contribution is 6.34. The minimum Gasteiger partial charge on any atom is -0.497 e. The van der Waals surface area contributed by atoms with Crippen LogP contribution in [0.15, 0.2) is 42.5 Å². The maximum atomic E-state index is 12.8. The van der Waals surface area contributed by atoms with Gasteiger partial charge in [0.2, 0.25) is 0 Å². The molecule has 3 rings (SSSR count). The molecule has 0 aliphatic carbocycles. The molecule has 4 heteroatoms. The second-order valence-corrected chi connectivity index (χ2v) is 6.68. The highest BCUT2D eigenvalue weighted by Gasteiger charge is 2.37. The van der Waals surface area contributed by atoms with Gasteiger partial charge in [-0.15, -0.1) is 0 Å². The Morgan fingerprint density at radius 2 is 1.64 bits per heavy atom. The van der Waals surface area contributed by atoms with Crippen molar-refractivity contribution >= 4 is 17.5 Å². The van der Waals surface area contributed by atoms with E-state index in [4.69, 9.17) is 4.74 Å². The number of methoxy groups -OCH3 is 1. The van der Waals surface area contributed by atoms with Crippen molar-refractivity contribution in [1.29, 1.82) is 0 Å². The number of hydrogen-bond donors (Lipinski definition) is 0. The van der Waals surface area contributed by atoms with Gasteiger partial charge < -0.3 is 4.74 Å². The lowest BCUT2D eigenvalue weighted by Crippen LogP contribution is -2.30. The highest BCUT2D eigenvalue weighted by Crippen LogP contribution is 2.36. The van der Waals surface area contributed by atoms with Gasteiger partial charge in [-0.1, -0.05) is 32.9 Å². The Hall–Kier alpha value is -2.62. The van der Waals surface area contributed by atoms with Crippen molar-refractivity contribution in [1.82, 2.24) is 0 Å². The normalized spacial score (nSPS) is 14.0. The number of fused-ring (bicyclic) bond motifs is 1. The van der Waals surface area contributed by atoms with E-state index in [1.54, 1.807) is 25.3 Å². The molecule has 1 aliphatic heterocycles. The van der Waals surface area contributed by atoms with E-state index in [9.17, 15) is 9.59 Å². The fourth-order valence-corrected chi connectivity index (χ4v) is 3.26. The standard InChI is InChI=1S/C21H23NO3/c1-5-21(3,6-2)14-8-7-9-15(12-14)22-19(23)17-11-10-16(25-4)13-18(17)20(22)24/h7-13H,5-6H2,1-4H3. The molecular formula is C21H23NO3. The molecular weight excluding hydrogens is 314 g/mol. The van der Waals surface area contributed by atoms with Crippen molar-refractivity contribution in [3.8, 4) is 5.75 Å². The average molecular weight is 337 g/mol. The lowest BCUT2D eigenvalue weighted by atomic mass is 9.78. The van der Waals surface area contributed by atoms with Crippen LogP contribution in [0.2, 0.25) is 0 Å². The Bertz CT molecular complexity index is 837. The van der Waals surface area contributed by atoms with E-state index in [0.717, 1.165) is 18.4 Å². The second kappa shape index (κ2) is 6.36. The molecule has 0 radical (unpaired) electrons. The Morgan fingerprint density at radius 3 is 2.28 bits per heavy atom. The molecule has 0 unspecified atom stereocenters. The van der Waals surface area contributed by atoms with E-state index in [0.29, 0.717) is 22.6 Å². The van der Waals surface area contributed by atoms with E-state index < -0.39 is 0 Å². The van der Waals surface area contributed by atoms with Crippen LogP contribution in [0.5, 0.6) is 5.75 Å². The monoisotopic (exact) mass is 337 g/mol. The molecule has 1 heterocycles. The van der Waals surface area contributed by atoms with Crippen LogP contribution in [0, 0.1) is 0 Å². The minimum atomic E-state index is -0.300. The largest absolute Gasteiger partial charge is 0.497 e. The summed E-state index contributed by atoms with van der Waals surface area (Å²) in [4.78, 5) is 26.9. The van der Waals surface area contributed by atoms with Crippen LogP contribution in [0.25, 0.3) is 0 Å². The van der Waals surface area contributed by atoms with Gasteiger partial charge in [0.1, 0.15) is 5.75 Å². The fourth-order valence-electron chi connectivity index (χ4n) is 3.26. The third kappa shape index (κ3) is 2.72. The van der Waals surface area contributed by atoms with Gasteiger partial charge in [-0.05, 0) is 54.2 Å². The molecule has 1 aliphatic rings. The molecule has 2 amide bonds. The van der Waals surface area contributed by atoms with Gasteiger partial charge in [0.25, 0.3) is 11.8 Å². The van der Waals surface area contributed by atoms with Crippen LogP contribution < -0.4 is 9.64 Å². The summed E-state index contributed by atoms with van der Waals surface area (Å²) in [5, 5.41) is 0. The third-order valence-corrected chi connectivity index (χ3v) is 5.46. The molecule has 0 spiro atoms. The Kier molecular flexibility index (Phi) is 4.38. The maximum absolute atomic E-state index is 12.8. The number of amides is 2. The summed E-state index contributed by atoms with van der Waals surface area (Å²) in [6.45, 7) is 6.52. The number of carbonyl (C=O) groups is 2. The predicted octanol–water partition coefficient (Wildman–Crippen LogP) is 4.57. The lowest BCUT2D eigenvalue weighted by Gasteiger charge is -2.28. The Morgan fingerprint density at radius 1 is 0.960 bits per heavy atom.